The van der Waals surface area contributed by atoms with Gasteiger partial charge in [-0.25, -0.2) is 0 Å². The van der Waals surface area contributed by atoms with Crippen LogP contribution in [0.3, 0.4) is 0 Å². The van der Waals surface area contributed by atoms with E-state index in [1.807, 2.05) is 42.5 Å². The minimum atomic E-state index is -1.82. The highest BCUT2D eigenvalue weighted by atomic mass is 28.3. The van der Waals surface area contributed by atoms with Crippen molar-refractivity contribution in [3.05, 3.63) is 78.9 Å². The van der Waals surface area contributed by atoms with E-state index < -0.39 is 14.2 Å². The van der Waals surface area contributed by atoms with E-state index in [9.17, 15) is 5.11 Å². The van der Waals surface area contributed by atoms with Gasteiger partial charge >= 0.3 is 0 Å². The van der Waals surface area contributed by atoms with E-state index >= 15 is 0 Å². The van der Waals surface area contributed by atoms with E-state index in [0.29, 0.717) is 0 Å². The van der Waals surface area contributed by atoms with Gasteiger partial charge in [-0.2, -0.15) is 0 Å². The summed E-state index contributed by atoms with van der Waals surface area (Å²) in [5, 5.41) is 12.1. The molecule has 104 valence electrons. The zero-order valence-electron chi connectivity index (χ0n) is 12.2. The first-order valence-electron chi connectivity index (χ1n) is 6.98. The van der Waals surface area contributed by atoms with E-state index in [0.717, 1.165) is 5.56 Å². The van der Waals surface area contributed by atoms with Gasteiger partial charge in [0.25, 0.3) is 0 Å². The molecule has 2 rings (SSSR count). The molecular formula is C18H22OSi. The van der Waals surface area contributed by atoms with Gasteiger partial charge in [0, 0.05) is 5.54 Å². The Labute approximate surface area is 122 Å². The highest BCUT2D eigenvalue weighted by Crippen LogP contribution is 2.35. The van der Waals surface area contributed by atoms with Crippen molar-refractivity contribution < 1.29 is 5.11 Å². The number of hydrogen-bond donors (Lipinski definition) is 1. The van der Waals surface area contributed by atoms with Gasteiger partial charge < -0.3 is 5.11 Å². The summed E-state index contributed by atoms with van der Waals surface area (Å²) in [7, 11) is -1.82. The maximum Gasteiger partial charge on any atom is 0.0906 e. The van der Waals surface area contributed by atoms with Crippen molar-refractivity contribution in [2.24, 2.45) is 0 Å². The Morgan fingerprint density at radius 1 is 0.950 bits per heavy atom. The van der Waals surface area contributed by atoms with Gasteiger partial charge in [-0.05, 0) is 5.56 Å². The van der Waals surface area contributed by atoms with Crippen LogP contribution in [0.2, 0.25) is 18.6 Å². The van der Waals surface area contributed by atoms with Crippen molar-refractivity contribution in [2.45, 2.75) is 24.7 Å². The van der Waals surface area contributed by atoms with E-state index in [1.54, 1.807) is 0 Å². The van der Waals surface area contributed by atoms with Crippen LogP contribution in [0.4, 0.5) is 0 Å². The SMILES string of the molecule is C=C[C@H]([C@@H](O)c1ccccc1)[Si](C)(C)c1ccccc1. The molecule has 0 amide bonds. The van der Waals surface area contributed by atoms with Crippen LogP contribution in [0.25, 0.3) is 0 Å². The van der Waals surface area contributed by atoms with Gasteiger partial charge in [0.2, 0.25) is 0 Å². The first kappa shape index (κ1) is 14.8. The fourth-order valence-electron chi connectivity index (χ4n) is 2.74. The zero-order valence-corrected chi connectivity index (χ0v) is 13.2. The monoisotopic (exact) mass is 282 g/mol. The average molecular weight is 282 g/mol. The van der Waals surface area contributed by atoms with Crippen LogP contribution in [-0.2, 0) is 0 Å². The third kappa shape index (κ3) is 2.92. The maximum atomic E-state index is 10.7. The number of rotatable bonds is 5. The average Bonchev–Trinajstić information content (AvgIpc) is 2.49. The van der Waals surface area contributed by atoms with Crippen molar-refractivity contribution in [3.8, 4) is 0 Å². The lowest BCUT2D eigenvalue weighted by Gasteiger charge is -2.34. The lowest BCUT2D eigenvalue weighted by atomic mass is 10.1. The molecule has 0 bridgehead atoms. The fourth-order valence-corrected chi connectivity index (χ4v) is 5.74. The van der Waals surface area contributed by atoms with Crippen molar-refractivity contribution in [1.82, 2.24) is 0 Å². The number of benzene rings is 2. The summed E-state index contributed by atoms with van der Waals surface area (Å²) in [5.74, 6) is 0. The molecule has 2 heteroatoms. The molecule has 1 nitrogen and oxygen atoms in total. The summed E-state index contributed by atoms with van der Waals surface area (Å²) in [4.78, 5) is 0. The Morgan fingerprint density at radius 2 is 1.45 bits per heavy atom. The number of aliphatic hydroxyl groups excluding tert-OH is 1. The molecule has 0 radical (unpaired) electrons. The van der Waals surface area contributed by atoms with Crippen LogP contribution in [0.5, 0.6) is 0 Å². The van der Waals surface area contributed by atoms with Crippen molar-refractivity contribution in [2.75, 3.05) is 0 Å². The van der Waals surface area contributed by atoms with Crippen LogP contribution < -0.4 is 5.19 Å². The second kappa shape index (κ2) is 6.20. The first-order chi connectivity index (χ1) is 9.57. The number of hydrogen-bond acceptors (Lipinski definition) is 1. The molecule has 0 spiro atoms. The summed E-state index contributed by atoms with van der Waals surface area (Å²) in [6.07, 6.45) is 1.44. The normalized spacial score (nSPS) is 14.6. The minimum Gasteiger partial charge on any atom is -0.388 e. The predicted octanol–water partition coefficient (Wildman–Crippen LogP) is 3.89. The predicted molar refractivity (Wildman–Crippen MR) is 88.9 cm³/mol. The molecule has 2 aromatic rings. The molecule has 0 saturated heterocycles. The second-order valence-corrected chi connectivity index (χ2v) is 10.4. The summed E-state index contributed by atoms with van der Waals surface area (Å²) in [5.41, 5.74) is 1.06. The summed E-state index contributed by atoms with van der Waals surface area (Å²) >= 11 is 0. The third-order valence-corrected chi connectivity index (χ3v) is 8.13. The molecule has 2 atom stereocenters. The highest BCUT2D eigenvalue weighted by molar-refractivity contribution is 6.91. The molecule has 0 fully saturated rings. The lowest BCUT2D eigenvalue weighted by Crippen LogP contribution is -2.47. The summed E-state index contributed by atoms with van der Waals surface area (Å²) in [6.45, 7) is 8.56. The zero-order chi connectivity index (χ0) is 14.6. The summed E-state index contributed by atoms with van der Waals surface area (Å²) < 4.78 is 0. The molecular weight excluding hydrogens is 260 g/mol. The Bertz CT molecular complexity index is 548. The highest BCUT2D eigenvalue weighted by Gasteiger charge is 2.36. The van der Waals surface area contributed by atoms with Gasteiger partial charge in [-0.3, -0.25) is 0 Å². The largest absolute Gasteiger partial charge is 0.388 e. The Balaban J connectivity index is 2.35. The quantitative estimate of drug-likeness (QED) is 0.651. The maximum absolute atomic E-state index is 10.7. The molecule has 0 saturated carbocycles. The van der Waals surface area contributed by atoms with Gasteiger partial charge in [0.05, 0.1) is 14.2 Å². The van der Waals surface area contributed by atoms with Crippen LogP contribution >= 0.6 is 0 Å². The molecule has 0 aliphatic carbocycles. The standard InChI is InChI=1S/C18H22OSi/c1-4-17(18(19)15-11-7-5-8-12-15)20(2,3)16-13-9-6-10-14-16/h4-14,17-19H,1H2,2-3H3/t17-,18+/m1/s1. The van der Waals surface area contributed by atoms with Crippen molar-refractivity contribution in [3.63, 3.8) is 0 Å². The van der Waals surface area contributed by atoms with Crippen LogP contribution in [0.1, 0.15) is 11.7 Å². The fraction of sp³-hybridized carbons (Fsp3) is 0.222. The number of aliphatic hydroxyl groups is 1. The van der Waals surface area contributed by atoms with Gasteiger partial charge in [-0.15, -0.1) is 6.58 Å². The Hall–Kier alpha value is -1.64. The van der Waals surface area contributed by atoms with Crippen LogP contribution in [0.15, 0.2) is 73.3 Å². The van der Waals surface area contributed by atoms with Crippen LogP contribution in [-0.4, -0.2) is 13.2 Å². The first-order valence-corrected chi connectivity index (χ1v) is 10.1. The second-order valence-electron chi connectivity index (χ2n) is 5.70. The van der Waals surface area contributed by atoms with Crippen LogP contribution in [0, 0.1) is 0 Å². The molecule has 0 aliphatic heterocycles. The van der Waals surface area contributed by atoms with E-state index in [1.165, 1.54) is 5.19 Å². The molecule has 20 heavy (non-hydrogen) atoms. The van der Waals surface area contributed by atoms with E-state index in [4.69, 9.17) is 0 Å². The minimum absolute atomic E-state index is 0.0901. The van der Waals surface area contributed by atoms with Gasteiger partial charge in [0.15, 0.2) is 0 Å². The molecule has 0 aliphatic rings. The molecule has 0 unspecified atom stereocenters. The van der Waals surface area contributed by atoms with Gasteiger partial charge in [0.1, 0.15) is 0 Å². The smallest absolute Gasteiger partial charge is 0.0906 e. The molecule has 2 aromatic carbocycles. The van der Waals surface area contributed by atoms with E-state index in [-0.39, 0.29) is 5.54 Å². The third-order valence-electron chi connectivity index (χ3n) is 4.09. The summed E-state index contributed by atoms with van der Waals surface area (Å²) in [6, 6.07) is 20.4. The van der Waals surface area contributed by atoms with E-state index in [2.05, 4.69) is 43.9 Å². The topological polar surface area (TPSA) is 20.2 Å². The molecule has 0 heterocycles. The van der Waals surface area contributed by atoms with Crippen molar-refractivity contribution >= 4 is 13.3 Å². The van der Waals surface area contributed by atoms with Crippen molar-refractivity contribution in [1.29, 1.82) is 0 Å². The van der Waals surface area contributed by atoms with Gasteiger partial charge in [-0.1, -0.05) is 85.0 Å². The molecule has 0 aromatic heterocycles. The Kier molecular flexibility index (Phi) is 4.58. The Morgan fingerprint density at radius 3 is 1.95 bits per heavy atom. The lowest BCUT2D eigenvalue weighted by molar-refractivity contribution is 0.179. The molecule has 1 N–H and O–H groups in total.